The van der Waals surface area contributed by atoms with Gasteiger partial charge >= 0.3 is 0 Å². The van der Waals surface area contributed by atoms with Crippen molar-refractivity contribution >= 4 is 33.4 Å². The molecule has 2 N–H and O–H groups in total. The second-order valence-corrected chi connectivity index (χ2v) is 5.33. The summed E-state index contributed by atoms with van der Waals surface area (Å²) in [6.07, 6.45) is 0. The molecule has 0 unspecified atom stereocenters. The number of carbonyl (C=O) groups is 2. The fourth-order valence-electron chi connectivity index (χ4n) is 1.79. The van der Waals surface area contributed by atoms with Crippen LogP contribution in [0.15, 0.2) is 53.0 Å². The average molecular weight is 347 g/mol. The first-order valence-electron chi connectivity index (χ1n) is 6.46. The summed E-state index contributed by atoms with van der Waals surface area (Å²) in [5, 5.41) is 5.34. The molecule has 0 atom stereocenters. The van der Waals surface area contributed by atoms with Gasteiger partial charge in [0.25, 0.3) is 5.91 Å². The molecule has 5 heteroatoms. The predicted octanol–water partition coefficient (Wildman–Crippen LogP) is 3.13. The van der Waals surface area contributed by atoms with Crippen LogP contribution < -0.4 is 10.6 Å². The highest BCUT2D eigenvalue weighted by molar-refractivity contribution is 9.10. The van der Waals surface area contributed by atoms with Gasteiger partial charge in [0.2, 0.25) is 5.91 Å². The van der Waals surface area contributed by atoms with Crippen molar-refractivity contribution in [1.29, 1.82) is 0 Å². The van der Waals surface area contributed by atoms with Crippen LogP contribution in [0.4, 0.5) is 5.69 Å². The maximum Gasteiger partial charge on any atom is 0.251 e. The van der Waals surface area contributed by atoms with E-state index in [1.807, 2.05) is 25.1 Å². The van der Waals surface area contributed by atoms with Gasteiger partial charge in [-0.15, -0.1) is 0 Å². The Morgan fingerprint density at radius 1 is 1.05 bits per heavy atom. The van der Waals surface area contributed by atoms with E-state index < -0.39 is 0 Å². The molecular weight excluding hydrogens is 332 g/mol. The van der Waals surface area contributed by atoms with Crippen LogP contribution in [0, 0.1) is 6.92 Å². The van der Waals surface area contributed by atoms with Crippen molar-refractivity contribution in [3.63, 3.8) is 0 Å². The van der Waals surface area contributed by atoms with Crippen molar-refractivity contribution in [3.8, 4) is 0 Å². The molecule has 2 rings (SSSR count). The van der Waals surface area contributed by atoms with E-state index in [9.17, 15) is 9.59 Å². The number of nitrogens with one attached hydrogen (secondary N) is 2. The van der Waals surface area contributed by atoms with Crippen LogP contribution in [0.2, 0.25) is 0 Å². The van der Waals surface area contributed by atoms with Gasteiger partial charge in [0.15, 0.2) is 0 Å². The Hall–Kier alpha value is -2.14. The van der Waals surface area contributed by atoms with E-state index in [0.29, 0.717) is 11.3 Å². The topological polar surface area (TPSA) is 58.2 Å². The molecule has 2 aromatic carbocycles. The monoisotopic (exact) mass is 346 g/mol. The number of benzene rings is 2. The van der Waals surface area contributed by atoms with Crippen molar-refractivity contribution < 1.29 is 9.59 Å². The molecule has 0 aliphatic heterocycles. The molecule has 0 aliphatic carbocycles. The summed E-state index contributed by atoms with van der Waals surface area (Å²) < 4.78 is 0.840. The standard InChI is InChI=1S/C16H15BrN2O2/c1-11-6-5-9-13(15(11)17)19-14(20)10-18-16(21)12-7-3-2-4-8-12/h2-9H,10H2,1H3,(H,18,21)(H,19,20). The van der Waals surface area contributed by atoms with Gasteiger partial charge in [-0.25, -0.2) is 0 Å². The molecule has 0 saturated carbocycles. The molecule has 0 radical (unpaired) electrons. The first-order valence-corrected chi connectivity index (χ1v) is 7.25. The van der Waals surface area contributed by atoms with Gasteiger partial charge in [-0.05, 0) is 46.6 Å². The molecule has 0 bridgehead atoms. The Bertz CT molecular complexity index is 657. The van der Waals surface area contributed by atoms with E-state index in [1.165, 1.54) is 0 Å². The Morgan fingerprint density at radius 2 is 1.76 bits per heavy atom. The number of carbonyl (C=O) groups excluding carboxylic acids is 2. The zero-order valence-corrected chi connectivity index (χ0v) is 13.1. The predicted molar refractivity (Wildman–Crippen MR) is 86.3 cm³/mol. The molecule has 0 aliphatic rings. The van der Waals surface area contributed by atoms with Crippen LogP contribution in [0.5, 0.6) is 0 Å². The summed E-state index contributed by atoms with van der Waals surface area (Å²) in [5.41, 5.74) is 2.25. The largest absolute Gasteiger partial charge is 0.343 e. The van der Waals surface area contributed by atoms with Crippen LogP contribution in [0.3, 0.4) is 0 Å². The van der Waals surface area contributed by atoms with Crippen molar-refractivity contribution in [2.75, 3.05) is 11.9 Å². The fraction of sp³-hybridized carbons (Fsp3) is 0.125. The highest BCUT2D eigenvalue weighted by atomic mass is 79.9. The number of hydrogen-bond donors (Lipinski definition) is 2. The lowest BCUT2D eigenvalue weighted by Crippen LogP contribution is -2.32. The summed E-state index contributed by atoms with van der Waals surface area (Å²) in [6.45, 7) is 1.87. The van der Waals surface area contributed by atoms with Gasteiger partial charge in [0.05, 0.1) is 12.2 Å². The number of hydrogen-bond acceptors (Lipinski definition) is 2. The Labute approximate surface area is 131 Å². The number of anilines is 1. The quantitative estimate of drug-likeness (QED) is 0.893. The van der Waals surface area contributed by atoms with Gasteiger partial charge in [0, 0.05) is 10.0 Å². The van der Waals surface area contributed by atoms with Crippen molar-refractivity contribution in [2.24, 2.45) is 0 Å². The average Bonchev–Trinajstić information content (AvgIpc) is 2.50. The molecule has 108 valence electrons. The lowest BCUT2D eigenvalue weighted by atomic mass is 10.2. The molecular formula is C16H15BrN2O2. The fourth-order valence-corrected chi connectivity index (χ4v) is 2.15. The Balaban J connectivity index is 1.91. The summed E-state index contributed by atoms with van der Waals surface area (Å²) in [4.78, 5) is 23.7. The van der Waals surface area contributed by atoms with Crippen LogP contribution in [0.1, 0.15) is 15.9 Å². The number of aryl methyl sites for hydroxylation is 1. The SMILES string of the molecule is Cc1cccc(NC(=O)CNC(=O)c2ccccc2)c1Br. The third-order valence-corrected chi connectivity index (χ3v) is 3.96. The van der Waals surface area contributed by atoms with E-state index in [-0.39, 0.29) is 18.4 Å². The van der Waals surface area contributed by atoms with Gasteiger partial charge in [0.1, 0.15) is 0 Å². The summed E-state index contributed by atoms with van der Waals surface area (Å²) in [5.74, 6) is -0.542. The Morgan fingerprint density at radius 3 is 2.48 bits per heavy atom. The lowest BCUT2D eigenvalue weighted by molar-refractivity contribution is -0.115. The molecule has 21 heavy (non-hydrogen) atoms. The highest BCUT2D eigenvalue weighted by Gasteiger charge is 2.09. The Kier molecular flexibility index (Phi) is 5.11. The van der Waals surface area contributed by atoms with Crippen molar-refractivity contribution in [2.45, 2.75) is 6.92 Å². The number of amides is 2. The molecule has 0 heterocycles. The third-order valence-electron chi connectivity index (χ3n) is 2.91. The molecule has 2 aromatic rings. The summed E-state index contributed by atoms with van der Waals surface area (Å²) in [7, 11) is 0. The first-order chi connectivity index (χ1) is 10.1. The maximum atomic E-state index is 11.9. The molecule has 2 amide bonds. The minimum atomic E-state index is -0.273. The van der Waals surface area contributed by atoms with Crippen LogP contribution in [-0.2, 0) is 4.79 Å². The minimum absolute atomic E-state index is 0.0753. The van der Waals surface area contributed by atoms with Gasteiger partial charge < -0.3 is 10.6 Å². The van der Waals surface area contributed by atoms with Crippen LogP contribution in [-0.4, -0.2) is 18.4 Å². The number of rotatable bonds is 4. The molecule has 4 nitrogen and oxygen atoms in total. The first kappa shape index (κ1) is 15.3. The van der Waals surface area contributed by atoms with Crippen molar-refractivity contribution in [3.05, 3.63) is 64.1 Å². The zero-order chi connectivity index (χ0) is 15.2. The maximum absolute atomic E-state index is 11.9. The smallest absolute Gasteiger partial charge is 0.251 e. The molecule has 0 spiro atoms. The highest BCUT2D eigenvalue weighted by Crippen LogP contribution is 2.25. The summed E-state index contributed by atoms with van der Waals surface area (Å²) in [6, 6.07) is 14.4. The van der Waals surface area contributed by atoms with Crippen LogP contribution >= 0.6 is 15.9 Å². The molecule has 0 aromatic heterocycles. The third kappa shape index (κ3) is 4.16. The van der Waals surface area contributed by atoms with E-state index in [0.717, 1.165) is 10.0 Å². The van der Waals surface area contributed by atoms with E-state index in [4.69, 9.17) is 0 Å². The minimum Gasteiger partial charge on any atom is -0.343 e. The molecule has 0 fully saturated rings. The van der Waals surface area contributed by atoms with Crippen molar-refractivity contribution in [1.82, 2.24) is 5.32 Å². The summed E-state index contributed by atoms with van der Waals surface area (Å²) >= 11 is 3.42. The van der Waals surface area contributed by atoms with Gasteiger partial charge in [-0.1, -0.05) is 30.3 Å². The lowest BCUT2D eigenvalue weighted by Gasteiger charge is -2.10. The van der Waals surface area contributed by atoms with Gasteiger partial charge in [-0.3, -0.25) is 9.59 Å². The van der Waals surface area contributed by atoms with E-state index in [1.54, 1.807) is 30.3 Å². The zero-order valence-electron chi connectivity index (χ0n) is 11.5. The number of halogens is 1. The van der Waals surface area contributed by atoms with Gasteiger partial charge in [-0.2, -0.15) is 0 Å². The van der Waals surface area contributed by atoms with E-state index >= 15 is 0 Å². The van der Waals surface area contributed by atoms with E-state index in [2.05, 4.69) is 26.6 Å². The normalized spacial score (nSPS) is 10.0. The molecule has 0 saturated heterocycles. The second kappa shape index (κ2) is 7.04. The van der Waals surface area contributed by atoms with Crippen LogP contribution in [0.25, 0.3) is 0 Å². The second-order valence-electron chi connectivity index (χ2n) is 4.53.